The van der Waals surface area contributed by atoms with Gasteiger partial charge in [-0.1, -0.05) is 163 Å². The van der Waals surface area contributed by atoms with Crippen LogP contribution in [0.5, 0.6) is 0 Å². The van der Waals surface area contributed by atoms with Gasteiger partial charge < -0.3 is 10.2 Å². The van der Waals surface area contributed by atoms with Gasteiger partial charge in [0.15, 0.2) is 0 Å². The average molecular weight is 815 g/mol. The van der Waals surface area contributed by atoms with Gasteiger partial charge in [-0.05, 0) is 97.5 Å². The van der Waals surface area contributed by atoms with Gasteiger partial charge in [0.25, 0.3) is 0 Å². The standard InChI is InChI=1S/C46H38Br2O2S/c1-29-5-13-33(14-6-29)45(49,34-15-7-30(2)8-16-34)41-27-37(47)21-23-39(41)43-25-26-44(51-43)40-24-22-38(48)28-42(40)46(50,35-17-9-31(3)10-18-35)36-19-11-32(4)12-20-36/h5-28,49-50H,1-4H3. The van der Waals surface area contributed by atoms with E-state index < -0.39 is 11.2 Å². The summed E-state index contributed by atoms with van der Waals surface area (Å²) in [5.74, 6) is 0. The zero-order valence-electron chi connectivity index (χ0n) is 28.9. The second-order valence-corrected chi connectivity index (χ2v) is 16.3. The van der Waals surface area contributed by atoms with Gasteiger partial charge in [-0.15, -0.1) is 11.3 Å². The van der Waals surface area contributed by atoms with Crippen molar-refractivity contribution in [2.75, 3.05) is 0 Å². The van der Waals surface area contributed by atoms with Crippen LogP contribution in [0.1, 0.15) is 55.6 Å². The van der Waals surface area contributed by atoms with Crippen molar-refractivity contribution in [3.8, 4) is 20.9 Å². The number of hydrogen-bond donors (Lipinski definition) is 2. The third-order valence-electron chi connectivity index (χ3n) is 9.76. The Morgan fingerprint density at radius 1 is 0.392 bits per heavy atom. The van der Waals surface area contributed by atoms with Gasteiger partial charge in [0.1, 0.15) is 11.2 Å². The van der Waals surface area contributed by atoms with Crippen molar-refractivity contribution in [3.05, 3.63) is 210 Å². The number of rotatable bonds is 8. The first-order chi connectivity index (χ1) is 24.5. The van der Waals surface area contributed by atoms with Crippen LogP contribution in [0.4, 0.5) is 0 Å². The van der Waals surface area contributed by atoms with Crippen LogP contribution in [-0.4, -0.2) is 10.2 Å². The SMILES string of the molecule is Cc1ccc(C(O)(c2ccc(C)cc2)c2cc(Br)ccc2-c2ccc(-c3ccc(Br)cc3C(O)(c3ccc(C)cc3)c3ccc(C)cc3)s2)cc1. The van der Waals surface area contributed by atoms with E-state index in [1.54, 1.807) is 11.3 Å². The van der Waals surface area contributed by atoms with Gasteiger partial charge in [-0.2, -0.15) is 0 Å². The first-order valence-electron chi connectivity index (χ1n) is 16.9. The van der Waals surface area contributed by atoms with Crippen LogP contribution in [0.2, 0.25) is 0 Å². The number of hydrogen-bond acceptors (Lipinski definition) is 3. The van der Waals surface area contributed by atoms with Crippen molar-refractivity contribution in [3.63, 3.8) is 0 Å². The summed E-state index contributed by atoms with van der Waals surface area (Å²) in [6.45, 7) is 8.23. The summed E-state index contributed by atoms with van der Waals surface area (Å²) in [6, 6.07) is 49.1. The number of aliphatic hydroxyl groups is 2. The minimum Gasteiger partial charge on any atom is -0.376 e. The van der Waals surface area contributed by atoms with E-state index >= 15 is 0 Å². The van der Waals surface area contributed by atoms with Crippen LogP contribution in [0.15, 0.2) is 155 Å². The molecule has 5 heteroatoms. The molecule has 7 rings (SSSR count). The van der Waals surface area contributed by atoms with E-state index in [9.17, 15) is 10.2 Å². The van der Waals surface area contributed by atoms with Crippen LogP contribution < -0.4 is 0 Å². The molecule has 254 valence electrons. The van der Waals surface area contributed by atoms with Gasteiger partial charge in [0.2, 0.25) is 0 Å². The summed E-state index contributed by atoms with van der Waals surface area (Å²) in [5.41, 5.74) is 8.28. The molecule has 1 heterocycles. The molecule has 0 saturated heterocycles. The maximum Gasteiger partial charge on any atom is 0.141 e. The van der Waals surface area contributed by atoms with E-state index in [4.69, 9.17) is 0 Å². The molecule has 0 aliphatic carbocycles. The number of benzene rings is 6. The van der Waals surface area contributed by atoms with Gasteiger partial charge in [-0.25, -0.2) is 0 Å². The molecule has 2 nitrogen and oxygen atoms in total. The summed E-state index contributed by atoms with van der Waals surface area (Å²) >= 11 is 9.10. The van der Waals surface area contributed by atoms with E-state index in [0.717, 1.165) is 85.5 Å². The molecular weight excluding hydrogens is 776 g/mol. The van der Waals surface area contributed by atoms with Crippen LogP contribution in [-0.2, 0) is 11.2 Å². The molecule has 0 amide bonds. The van der Waals surface area contributed by atoms with Gasteiger partial charge in [-0.3, -0.25) is 0 Å². The molecule has 6 aromatic carbocycles. The van der Waals surface area contributed by atoms with Crippen molar-refractivity contribution in [2.24, 2.45) is 0 Å². The van der Waals surface area contributed by atoms with Crippen molar-refractivity contribution in [2.45, 2.75) is 38.9 Å². The Morgan fingerprint density at radius 2 is 0.667 bits per heavy atom. The van der Waals surface area contributed by atoms with Crippen molar-refractivity contribution in [1.29, 1.82) is 0 Å². The lowest BCUT2D eigenvalue weighted by Crippen LogP contribution is -2.29. The summed E-state index contributed by atoms with van der Waals surface area (Å²) < 4.78 is 1.76. The molecule has 0 unspecified atom stereocenters. The second-order valence-electron chi connectivity index (χ2n) is 13.4. The molecule has 7 aromatic rings. The largest absolute Gasteiger partial charge is 0.376 e. The van der Waals surface area contributed by atoms with E-state index in [1.165, 1.54) is 0 Å². The Morgan fingerprint density at radius 3 is 0.941 bits per heavy atom. The maximum absolute atomic E-state index is 13.0. The molecule has 0 spiro atoms. The zero-order valence-corrected chi connectivity index (χ0v) is 32.9. The smallest absolute Gasteiger partial charge is 0.141 e. The third-order valence-corrected chi connectivity index (χ3v) is 11.9. The highest BCUT2D eigenvalue weighted by molar-refractivity contribution is 9.10. The molecule has 0 saturated carbocycles. The lowest BCUT2D eigenvalue weighted by Gasteiger charge is -2.32. The highest BCUT2D eigenvalue weighted by atomic mass is 79.9. The lowest BCUT2D eigenvalue weighted by atomic mass is 9.77. The molecule has 0 atom stereocenters. The topological polar surface area (TPSA) is 40.5 Å². The Hall–Kier alpha value is -4.10. The second kappa shape index (κ2) is 14.1. The molecule has 0 radical (unpaired) electrons. The monoisotopic (exact) mass is 812 g/mol. The van der Waals surface area contributed by atoms with E-state index in [2.05, 4.69) is 83.8 Å². The molecular formula is C46H38Br2O2S. The predicted octanol–water partition coefficient (Wildman–Crippen LogP) is 12.4. The number of halogens is 2. The minimum atomic E-state index is -1.43. The van der Waals surface area contributed by atoms with Crippen molar-refractivity contribution < 1.29 is 10.2 Å². The highest BCUT2D eigenvalue weighted by Crippen LogP contribution is 2.48. The lowest BCUT2D eigenvalue weighted by molar-refractivity contribution is 0.126. The summed E-state index contributed by atoms with van der Waals surface area (Å²) in [4.78, 5) is 2.02. The van der Waals surface area contributed by atoms with E-state index in [0.29, 0.717) is 0 Å². The first-order valence-corrected chi connectivity index (χ1v) is 19.3. The first kappa shape index (κ1) is 35.3. The van der Waals surface area contributed by atoms with Crippen LogP contribution in [0, 0.1) is 27.7 Å². The minimum absolute atomic E-state index is 0.782. The molecule has 2 N–H and O–H groups in total. The quantitative estimate of drug-likeness (QED) is 0.150. The van der Waals surface area contributed by atoms with Crippen LogP contribution >= 0.6 is 43.2 Å². The van der Waals surface area contributed by atoms with Crippen LogP contribution in [0.3, 0.4) is 0 Å². The molecule has 0 bridgehead atoms. The summed E-state index contributed by atoms with van der Waals surface area (Å²) in [7, 11) is 0. The highest BCUT2D eigenvalue weighted by Gasteiger charge is 2.38. The Balaban J connectivity index is 1.42. The van der Waals surface area contributed by atoms with Gasteiger partial charge in [0, 0.05) is 29.8 Å². The Labute approximate surface area is 321 Å². The van der Waals surface area contributed by atoms with Crippen molar-refractivity contribution >= 4 is 43.2 Å². The summed E-state index contributed by atoms with van der Waals surface area (Å²) in [6.07, 6.45) is 0. The van der Waals surface area contributed by atoms with E-state index in [1.807, 2.05) is 121 Å². The molecule has 1 aromatic heterocycles. The predicted molar refractivity (Wildman–Crippen MR) is 220 cm³/mol. The molecule has 51 heavy (non-hydrogen) atoms. The third kappa shape index (κ3) is 6.70. The Kier molecular flexibility index (Phi) is 9.79. The van der Waals surface area contributed by atoms with E-state index in [-0.39, 0.29) is 0 Å². The fourth-order valence-electron chi connectivity index (χ4n) is 6.82. The molecule has 0 fully saturated rings. The van der Waals surface area contributed by atoms with Gasteiger partial charge >= 0.3 is 0 Å². The Bertz CT molecular complexity index is 2070. The average Bonchev–Trinajstić information content (AvgIpc) is 3.62. The number of aryl methyl sites for hydroxylation is 4. The van der Waals surface area contributed by atoms with Crippen molar-refractivity contribution in [1.82, 2.24) is 0 Å². The fraction of sp³-hybridized carbons (Fsp3) is 0.130. The normalized spacial score (nSPS) is 11.9. The fourth-order valence-corrected chi connectivity index (χ4v) is 8.63. The number of thiophene rings is 1. The summed E-state index contributed by atoms with van der Waals surface area (Å²) in [5, 5.41) is 26.0. The molecule has 0 aliphatic heterocycles. The molecule has 0 aliphatic rings. The van der Waals surface area contributed by atoms with Crippen LogP contribution in [0.25, 0.3) is 20.9 Å². The maximum atomic E-state index is 13.0. The zero-order chi connectivity index (χ0) is 35.9. The van der Waals surface area contributed by atoms with Gasteiger partial charge in [0.05, 0.1) is 0 Å².